The number of carbonyl (C=O) groups is 1. The van der Waals surface area contributed by atoms with Gasteiger partial charge in [-0.1, -0.05) is 55.8 Å². The van der Waals surface area contributed by atoms with E-state index < -0.39 is 0 Å². The van der Waals surface area contributed by atoms with Crippen LogP contribution in [0.1, 0.15) is 58.3 Å². The highest BCUT2D eigenvalue weighted by molar-refractivity contribution is 6.02. The van der Waals surface area contributed by atoms with Crippen molar-refractivity contribution in [2.24, 2.45) is 0 Å². The number of hydrogen-bond donors (Lipinski definition) is 1. The number of ether oxygens (including phenoxy) is 1. The van der Waals surface area contributed by atoms with E-state index in [2.05, 4.69) is 67.6 Å². The van der Waals surface area contributed by atoms with E-state index >= 15 is 0 Å². The Morgan fingerprint density at radius 1 is 1.06 bits per heavy atom. The van der Waals surface area contributed by atoms with Gasteiger partial charge in [0.15, 0.2) is 5.76 Å². The van der Waals surface area contributed by atoms with Crippen LogP contribution in [-0.2, 0) is 13.2 Å². The van der Waals surface area contributed by atoms with Crippen molar-refractivity contribution in [3.63, 3.8) is 0 Å². The van der Waals surface area contributed by atoms with Gasteiger partial charge in [0.2, 0.25) is 0 Å². The first-order valence-electron chi connectivity index (χ1n) is 11.1. The molecule has 0 saturated carbocycles. The Hall–Kier alpha value is -3.80. The second kappa shape index (κ2) is 9.77. The standard InChI is InChI=1S/C27H29N3O3/c1-18(2)24-11-7-20(4)13-26(24)32-17-23-10-12-25(33-23)27(31)29-22-14-28-30(16-22)15-21-8-5-19(3)6-9-21/h5-14,16,18H,15,17H2,1-4H3,(H,29,31). The molecule has 0 unspecified atom stereocenters. The number of benzene rings is 2. The lowest BCUT2D eigenvalue weighted by Crippen LogP contribution is -2.10. The van der Waals surface area contributed by atoms with Crippen LogP contribution in [0, 0.1) is 13.8 Å². The van der Waals surface area contributed by atoms with Gasteiger partial charge in [0.1, 0.15) is 18.1 Å². The molecule has 0 atom stereocenters. The molecule has 1 amide bonds. The Morgan fingerprint density at radius 3 is 2.58 bits per heavy atom. The number of furan rings is 1. The van der Waals surface area contributed by atoms with Crippen molar-refractivity contribution in [3.05, 3.63) is 101 Å². The fourth-order valence-corrected chi connectivity index (χ4v) is 3.56. The molecule has 0 radical (unpaired) electrons. The van der Waals surface area contributed by atoms with Crippen LogP contribution in [0.15, 0.2) is 71.4 Å². The molecule has 0 bridgehead atoms. The van der Waals surface area contributed by atoms with Crippen LogP contribution in [0.3, 0.4) is 0 Å². The van der Waals surface area contributed by atoms with Crippen molar-refractivity contribution < 1.29 is 13.9 Å². The summed E-state index contributed by atoms with van der Waals surface area (Å²) in [6.45, 7) is 9.25. The SMILES string of the molecule is Cc1ccc(Cn2cc(NC(=O)c3ccc(COc4cc(C)ccc4C(C)C)o3)cn2)cc1. The van der Waals surface area contributed by atoms with E-state index in [0.717, 1.165) is 22.4 Å². The summed E-state index contributed by atoms with van der Waals surface area (Å²) in [4.78, 5) is 12.6. The van der Waals surface area contributed by atoms with Gasteiger partial charge in [-0.05, 0) is 54.7 Å². The van der Waals surface area contributed by atoms with E-state index in [0.29, 0.717) is 23.9 Å². The van der Waals surface area contributed by atoms with Crippen molar-refractivity contribution >= 4 is 11.6 Å². The van der Waals surface area contributed by atoms with Gasteiger partial charge in [-0.2, -0.15) is 5.10 Å². The van der Waals surface area contributed by atoms with E-state index in [1.165, 1.54) is 5.56 Å². The number of amides is 1. The zero-order chi connectivity index (χ0) is 23.4. The molecule has 0 aliphatic carbocycles. The highest BCUT2D eigenvalue weighted by Gasteiger charge is 2.14. The van der Waals surface area contributed by atoms with Gasteiger partial charge in [0, 0.05) is 6.20 Å². The maximum Gasteiger partial charge on any atom is 0.291 e. The lowest BCUT2D eigenvalue weighted by Gasteiger charge is -2.14. The molecule has 2 heterocycles. The van der Waals surface area contributed by atoms with E-state index in [1.54, 1.807) is 29.2 Å². The Labute approximate surface area is 194 Å². The zero-order valence-corrected chi connectivity index (χ0v) is 19.5. The number of rotatable bonds is 8. The third kappa shape index (κ3) is 5.71. The largest absolute Gasteiger partial charge is 0.485 e. The van der Waals surface area contributed by atoms with Gasteiger partial charge in [0.25, 0.3) is 5.91 Å². The average Bonchev–Trinajstić information content (AvgIpc) is 3.43. The highest BCUT2D eigenvalue weighted by Crippen LogP contribution is 2.28. The summed E-state index contributed by atoms with van der Waals surface area (Å²) in [5, 5.41) is 7.16. The van der Waals surface area contributed by atoms with Gasteiger partial charge < -0.3 is 14.5 Å². The average molecular weight is 444 g/mol. The third-order valence-corrected chi connectivity index (χ3v) is 5.40. The second-order valence-corrected chi connectivity index (χ2v) is 8.62. The molecule has 0 aliphatic rings. The first-order chi connectivity index (χ1) is 15.9. The van der Waals surface area contributed by atoms with Gasteiger partial charge in [-0.15, -0.1) is 0 Å². The molecule has 4 aromatic rings. The molecule has 2 aromatic carbocycles. The molecule has 0 saturated heterocycles. The molecule has 1 N–H and O–H groups in total. The third-order valence-electron chi connectivity index (χ3n) is 5.40. The van der Waals surface area contributed by atoms with Crippen LogP contribution in [0.25, 0.3) is 0 Å². The first kappa shape index (κ1) is 22.4. The monoisotopic (exact) mass is 443 g/mol. The van der Waals surface area contributed by atoms with Crippen LogP contribution in [-0.4, -0.2) is 15.7 Å². The summed E-state index contributed by atoms with van der Waals surface area (Å²) in [5.41, 5.74) is 5.26. The maximum absolute atomic E-state index is 12.6. The number of anilines is 1. The molecule has 2 aromatic heterocycles. The molecular weight excluding hydrogens is 414 g/mol. The molecule has 33 heavy (non-hydrogen) atoms. The van der Waals surface area contributed by atoms with Crippen molar-refractivity contribution in [2.45, 2.75) is 46.8 Å². The Bertz CT molecular complexity index is 1240. The lowest BCUT2D eigenvalue weighted by atomic mass is 10.0. The summed E-state index contributed by atoms with van der Waals surface area (Å²) in [6.07, 6.45) is 3.43. The van der Waals surface area contributed by atoms with E-state index in [4.69, 9.17) is 9.15 Å². The fourth-order valence-electron chi connectivity index (χ4n) is 3.56. The van der Waals surface area contributed by atoms with Crippen molar-refractivity contribution in [1.29, 1.82) is 0 Å². The number of aromatic nitrogens is 2. The quantitative estimate of drug-likeness (QED) is 0.357. The zero-order valence-electron chi connectivity index (χ0n) is 19.5. The molecule has 0 spiro atoms. The van der Waals surface area contributed by atoms with E-state index in [-0.39, 0.29) is 18.3 Å². The van der Waals surface area contributed by atoms with Gasteiger partial charge in [0.05, 0.1) is 18.4 Å². The van der Waals surface area contributed by atoms with Crippen molar-refractivity contribution in [1.82, 2.24) is 9.78 Å². The predicted molar refractivity (Wildman–Crippen MR) is 129 cm³/mol. The molecule has 0 aliphatic heterocycles. The lowest BCUT2D eigenvalue weighted by molar-refractivity contribution is 0.0992. The minimum atomic E-state index is -0.324. The molecule has 4 rings (SSSR count). The Morgan fingerprint density at radius 2 is 1.82 bits per heavy atom. The van der Waals surface area contributed by atoms with Crippen LogP contribution < -0.4 is 10.1 Å². The van der Waals surface area contributed by atoms with Crippen LogP contribution in [0.4, 0.5) is 5.69 Å². The number of nitrogens with zero attached hydrogens (tertiary/aromatic N) is 2. The van der Waals surface area contributed by atoms with Crippen LogP contribution in [0.2, 0.25) is 0 Å². The number of nitrogens with one attached hydrogen (secondary N) is 1. The number of aryl methyl sites for hydroxylation is 2. The van der Waals surface area contributed by atoms with Gasteiger partial charge in [-0.25, -0.2) is 0 Å². The molecule has 170 valence electrons. The number of carbonyl (C=O) groups excluding carboxylic acids is 1. The van der Waals surface area contributed by atoms with E-state index in [1.807, 2.05) is 13.0 Å². The van der Waals surface area contributed by atoms with Crippen LogP contribution >= 0.6 is 0 Å². The first-order valence-corrected chi connectivity index (χ1v) is 11.1. The molecular formula is C27H29N3O3. The molecule has 6 heteroatoms. The predicted octanol–water partition coefficient (Wildman–Crippen LogP) is 6.10. The topological polar surface area (TPSA) is 69.3 Å². The fraction of sp³-hybridized carbons (Fsp3) is 0.259. The summed E-state index contributed by atoms with van der Waals surface area (Å²) in [6, 6.07) is 17.9. The Kier molecular flexibility index (Phi) is 6.63. The number of hydrogen-bond acceptors (Lipinski definition) is 4. The van der Waals surface area contributed by atoms with E-state index in [9.17, 15) is 4.79 Å². The highest BCUT2D eigenvalue weighted by atomic mass is 16.5. The Balaban J connectivity index is 1.35. The van der Waals surface area contributed by atoms with Crippen LogP contribution in [0.5, 0.6) is 5.75 Å². The summed E-state index contributed by atoms with van der Waals surface area (Å²) >= 11 is 0. The molecule has 0 fully saturated rings. The van der Waals surface area contributed by atoms with Crippen molar-refractivity contribution in [2.75, 3.05) is 5.32 Å². The van der Waals surface area contributed by atoms with Crippen molar-refractivity contribution in [3.8, 4) is 5.75 Å². The second-order valence-electron chi connectivity index (χ2n) is 8.62. The summed E-state index contributed by atoms with van der Waals surface area (Å²) < 4.78 is 13.5. The van der Waals surface area contributed by atoms with Gasteiger partial charge >= 0.3 is 0 Å². The minimum Gasteiger partial charge on any atom is -0.485 e. The normalized spacial score (nSPS) is 11.1. The minimum absolute atomic E-state index is 0.230. The maximum atomic E-state index is 12.6. The van der Waals surface area contributed by atoms with Gasteiger partial charge in [-0.3, -0.25) is 9.48 Å². The summed E-state index contributed by atoms with van der Waals surface area (Å²) in [7, 11) is 0. The smallest absolute Gasteiger partial charge is 0.291 e. The molecule has 6 nitrogen and oxygen atoms in total. The summed E-state index contributed by atoms with van der Waals surface area (Å²) in [5.74, 6) is 1.69.